The number of likely N-dealkylation sites (N-methyl/N-ethyl adjacent to an activating group) is 1. The van der Waals surface area contributed by atoms with Gasteiger partial charge in [-0.2, -0.15) is 0 Å². The molecule has 2 aliphatic heterocycles. The highest BCUT2D eigenvalue weighted by molar-refractivity contribution is 6.79. The summed E-state index contributed by atoms with van der Waals surface area (Å²) in [4.78, 5) is 27.4. The molecular weight excluding hydrogens is 527 g/mol. The van der Waals surface area contributed by atoms with Crippen LogP contribution in [-0.2, 0) is 18.9 Å². The number of carbonyl (C=O) groups is 2. The molecule has 7 nitrogen and oxygen atoms in total. The van der Waals surface area contributed by atoms with E-state index in [1.807, 2.05) is 44.4 Å². The van der Waals surface area contributed by atoms with Crippen LogP contribution in [0.15, 0.2) is 78.9 Å². The molecule has 0 amide bonds. The number of ether oxygens (including phenoxy) is 1. The minimum Gasteiger partial charge on any atom is -0.596 e. The lowest BCUT2D eigenvalue weighted by Crippen LogP contribution is -2.69. The summed E-state index contributed by atoms with van der Waals surface area (Å²) in [6.45, 7) is 4.44. The summed E-state index contributed by atoms with van der Waals surface area (Å²) >= 11 is 0. The van der Waals surface area contributed by atoms with E-state index in [1.54, 1.807) is 0 Å². The number of benzene rings is 3. The Morgan fingerprint density at radius 3 is 1.98 bits per heavy atom. The van der Waals surface area contributed by atoms with Crippen LogP contribution in [0.1, 0.15) is 49.8 Å². The molecule has 0 unspecified atom stereocenters. The molecule has 0 bridgehead atoms. The predicted octanol–water partition coefficient (Wildman–Crippen LogP) is 4.87. The third kappa shape index (κ3) is 5.74. The summed E-state index contributed by atoms with van der Waals surface area (Å²) in [5, 5.41) is 0. The Hall–Kier alpha value is -3.88. The van der Waals surface area contributed by atoms with E-state index in [1.165, 1.54) is 5.57 Å². The molecular formula is C34H41BN2O5. The number of fused-ring (bicyclic) bond motifs is 1. The van der Waals surface area contributed by atoms with E-state index in [2.05, 4.69) is 67.3 Å². The van der Waals surface area contributed by atoms with Crippen LogP contribution in [0, 0.1) is 0 Å². The molecule has 220 valence electrons. The summed E-state index contributed by atoms with van der Waals surface area (Å²) in [6, 6.07) is 26.8. The first-order chi connectivity index (χ1) is 20.3. The summed E-state index contributed by atoms with van der Waals surface area (Å²) in [5.74, 6) is 0.212. The zero-order valence-electron chi connectivity index (χ0n) is 25.2. The van der Waals surface area contributed by atoms with Crippen LogP contribution in [0.5, 0.6) is 5.75 Å². The molecule has 3 aromatic carbocycles. The molecule has 5 rings (SSSR count). The van der Waals surface area contributed by atoms with Gasteiger partial charge in [-0.3, -0.25) is 9.59 Å². The average Bonchev–Trinajstić information content (AvgIpc) is 3.41. The van der Waals surface area contributed by atoms with Crippen molar-refractivity contribution >= 4 is 35.2 Å². The van der Waals surface area contributed by atoms with Crippen LogP contribution in [0.4, 0.5) is 0 Å². The van der Waals surface area contributed by atoms with Gasteiger partial charge in [0.05, 0.1) is 0 Å². The van der Waals surface area contributed by atoms with E-state index in [4.69, 9.17) is 14.0 Å². The van der Waals surface area contributed by atoms with Gasteiger partial charge in [-0.05, 0) is 66.9 Å². The van der Waals surface area contributed by atoms with Crippen molar-refractivity contribution < 1.29 is 28.0 Å². The molecule has 0 radical (unpaired) electrons. The van der Waals surface area contributed by atoms with Crippen molar-refractivity contribution in [3.8, 4) is 5.75 Å². The normalized spacial score (nSPS) is 22.0. The molecule has 2 heterocycles. The Labute approximate surface area is 249 Å². The lowest BCUT2D eigenvalue weighted by Gasteiger charge is -2.43. The van der Waals surface area contributed by atoms with Gasteiger partial charge in [0.2, 0.25) is 0 Å². The topological polar surface area (TPSA) is 65.1 Å². The van der Waals surface area contributed by atoms with E-state index in [0.717, 1.165) is 59.3 Å². The molecule has 2 fully saturated rings. The van der Waals surface area contributed by atoms with E-state index >= 15 is 0 Å². The quantitative estimate of drug-likeness (QED) is 0.230. The predicted molar refractivity (Wildman–Crippen MR) is 167 cm³/mol. The number of rotatable bonds is 12. The van der Waals surface area contributed by atoms with Gasteiger partial charge in [-0.15, -0.1) is 0 Å². The molecule has 0 aromatic heterocycles. The van der Waals surface area contributed by atoms with Gasteiger partial charge in [-0.25, -0.2) is 0 Å². The second kappa shape index (κ2) is 12.6. The van der Waals surface area contributed by atoms with Crippen molar-refractivity contribution in [2.75, 3.05) is 46.9 Å². The van der Waals surface area contributed by atoms with Crippen molar-refractivity contribution in [3.63, 3.8) is 0 Å². The highest BCUT2D eigenvalue weighted by Crippen LogP contribution is 2.38. The Morgan fingerprint density at radius 1 is 0.833 bits per heavy atom. The van der Waals surface area contributed by atoms with Crippen LogP contribution >= 0.6 is 0 Å². The molecule has 42 heavy (non-hydrogen) atoms. The van der Waals surface area contributed by atoms with E-state index in [-0.39, 0.29) is 29.4 Å². The van der Waals surface area contributed by atoms with Gasteiger partial charge in [0.25, 0.3) is 0 Å². The van der Waals surface area contributed by atoms with Crippen LogP contribution in [0.3, 0.4) is 0 Å². The van der Waals surface area contributed by atoms with E-state index in [9.17, 15) is 9.59 Å². The van der Waals surface area contributed by atoms with Crippen LogP contribution in [0.25, 0.3) is 11.1 Å². The van der Waals surface area contributed by atoms with Gasteiger partial charge < -0.3 is 23.3 Å². The Morgan fingerprint density at radius 2 is 1.43 bits per heavy atom. The number of hydrogen-bond donors (Lipinski definition) is 0. The molecule has 0 atom stereocenters. The number of hydrogen-bond acceptors (Lipinski definition) is 6. The number of unbranched alkanes of at least 4 members (excludes halogenated alkanes) is 1. The van der Waals surface area contributed by atoms with Gasteiger partial charge in [-0.1, -0.05) is 92.5 Å². The largest absolute Gasteiger partial charge is 0.614 e. The standard InChI is InChI=1S/C34H41BN2O5/c1-5-7-22-37-24-32(38)41-35(37,42-33(39)25-37)29-17-13-27(14-18-29)34(31(6-2)26-11-9-8-10-12-26)28-15-19-30(20-16-28)40-23-21-36(3)4/h8-20H,5-7,21-25H2,1-4H3/b34-31-. The lowest BCUT2D eigenvalue weighted by molar-refractivity contribution is -0.813. The first kappa shape index (κ1) is 29.6. The van der Waals surface area contributed by atoms with Crippen molar-refractivity contribution in [1.29, 1.82) is 0 Å². The molecule has 2 saturated heterocycles. The fraction of sp³-hybridized carbons (Fsp3) is 0.353. The highest BCUT2D eigenvalue weighted by Gasteiger charge is 2.67. The number of quaternary nitrogens is 1. The summed E-state index contributed by atoms with van der Waals surface area (Å²) in [6.07, 6.45) is 2.68. The third-order valence-corrected chi connectivity index (χ3v) is 8.50. The molecule has 0 spiro atoms. The summed E-state index contributed by atoms with van der Waals surface area (Å²) in [5.41, 5.74) is 6.37. The van der Waals surface area contributed by atoms with Gasteiger partial charge in [0, 0.05) is 13.1 Å². The molecule has 0 N–H and O–H groups in total. The highest BCUT2D eigenvalue weighted by atomic mass is 16.7. The first-order valence-electron chi connectivity index (χ1n) is 15.0. The van der Waals surface area contributed by atoms with Crippen LogP contribution in [0.2, 0.25) is 0 Å². The molecule has 0 saturated carbocycles. The van der Waals surface area contributed by atoms with Gasteiger partial charge in [0.1, 0.15) is 25.4 Å². The Balaban J connectivity index is 1.55. The maximum atomic E-state index is 12.6. The Bertz CT molecular complexity index is 1420. The lowest BCUT2D eigenvalue weighted by atomic mass is 9.60. The van der Waals surface area contributed by atoms with Crippen LogP contribution < -0.4 is 10.2 Å². The van der Waals surface area contributed by atoms with E-state index < -0.39 is 6.69 Å². The van der Waals surface area contributed by atoms with Crippen molar-refractivity contribution in [2.45, 2.75) is 33.1 Å². The maximum absolute atomic E-state index is 12.6. The summed E-state index contributed by atoms with van der Waals surface area (Å²) < 4.78 is 18.1. The molecule has 0 aliphatic carbocycles. The third-order valence-electron chi connectivity index (χ3n) is 8.50. The number of allylic oxidation sites excluding steroid dienone is 1. The SMILES string of the molecule is CCCC[N+]12CC(=O)O[B-]1(c1ccc(/C(=C(\CC)c3ccccc3)c3ccc(OCCN(C)C)cc3)cc1)OC(=O)C2. The second-order valence-electron chi connectivity index (χ2n) is 11.6. The van der Waals surface area contributed by atoms with Crippen LogP contribution in [-0.4, -0.2) is 74.8 Å². The molecule has 8 heteroatoms. The van der Waals surface area contributed by atoms with Gasteiger partial charge in [0.15, 0.2) is 0 Å². The number of carbonyl (C=O) groups excluding carboxylic acids is 2. The second-order valence-corrected chi connectivity index (χ2v) is 11.6. The zero-order valence-corrected chi connectivity index (χ0v) is 25.2. The molecule has 2 aliphatic rings. The smallest absolute Gasteiger partial charge is 0.596 e. The van der Waals surface area contributed by atoms with E-state index in [0.29, 0.717) is 13.2 Å². The minimum atomic E-state index is -2.29. The fourth-order valence-corrected chi connectivity index (χ4v) is 6.38. The number of nitrogens with zero attached hydrogens (tertiary/aromatic N) is 2. The van der Waals surface area contributed by atoms with Crippen molar-refractivity contribution in [2.24, 2.45) is 0 Å². The first-order valence-corrected chi connectivity index (χ1v) is 15.0. The average molecular weight is 569 g/mol. The van der Waals surface area contributed by atoms with Crippen molar-refractivity contribution in [3.05, 3.63) is 95.6 Å². The Kier molecular flexibility index (Phi) is 8.85. The zero-order chi connectivity index (χ0) is 29.7. The maximum Gasteiger partial charge on any atom is 0.614 e. The minimum absolute atomic E-state index is 0.162. The van der Waals surface area contributed by atoms with Gasteiger partial charge >= 0.3 is 18.6 Å². The van der Waals surface area contributed by atoms with Crippen molar-refractivity contribution in [1.82, 2.24) is 4.90 Å². The molecule has 3 aromatic rings. The monoisotopic (exact) mass is 568 g/mol. The fourth-order valence-electron chi connectivity index (χ4n) is 6.38. The summed E-state index contributed by atoms with van der Waals surface area (Å²) in [7, 11) is 4.06.